The van der Waals surface area contributed by atoms with Crippen LogP contribution >= 0.6 is 0 Å². The van der Waals surface area contributed by atoms with Crippen LogP contribution in [0.25, 0.3) is 0 Å². The van der Waals surface area contributed by atoms with Gasteiger partial charge in [-0.3, -0.25) is 0 Å². The van der Waals surface area contributed by atoms with Gasteiger partial charge in [-0.05, 0) is 11.6 Å². The summed E-state index contributed by atoms with van der Waals surface area (Å²) >= 11 is 0. The van der Waals surface area contributed by atoms with E-state index < -0.39 is 18.0 Å². The van der Waals surface area contributed by atoms with Gasteiger partial charge < -0.3 is 19.1 Å². The molecule has 0 aliphatic heterocycles. The zero-order valence-electron chi connectivity index (χ0n) is 13.9. The molecule has 7 nitrogen and oxygen atoms in total. The molecule has 26 heavy (non-hydrogen) atoms. The second kappa shape index (κ2) is 10.3. The molecule has 0 aliphatic carbocycles. The Hall–Kier alpha value is -2.79. The van der Waals surface area contributed by atoms with Crippen molar-refractivity contribution in [3.05, 3.63) is 72.1 Å². The van der Waals surface area contributed by atoms with Gasteiger partial charge in [0.2, 0.25) is 0 Å². The average Bonchev–Trinajstić information content (AvgIpc) is 2.60. The van der Waals surface area contributed by atoms with Gasteiger partial charge in [0.1, 0.15) is 12.4 Å². The number of carbonyl (C=O) groups excluding carboxylic acids is 3. The maximum Gasteiger partial charge on any atom is 0.538 e. The van der Waals surface area contributed by atoms with Gasteiger partial charge in [-0.15, -0.1) is 17.1 Å². The summed E-state index contributed by atoms with van der Waals surface area (Å²) in [7, 11) is 0. The van der Waals surface area contributed by atoms with E-state index in [0.29, 0.717) is 11.1 Å². The Morgan fingerprint density at radius 2 is 1.73 bits per heavy atom. The number of carbonyl (C=O) groups is 3. The molecule has 0 radical (unpaired) electrons. The first-order valence-corrected chi connectivity index (χ1v) is 7.28. The molecule has 2 aromatic carbocycles. The molecule has 2 aromatic rings. The van der Waals surface area contributed by atoms with E-state index >= 15 is 0 Å². The number of ether oxygens (including phenoxy) is 2. The molecule has 0 heterocycles. The van der Waals surface area contributed by atoms with Crippen molar-refractivity contribution in [3.8, 4) is 5.75 Å². The van der Waals surface area contributed by atoms with Crippen molar-refractivity contribution in [3.63, 3.8) is 0 Å². The Morgan fingerprint density at radius 1 is 1.04 bits per heavy atom. The summed E-state index contributed by atoms with van der Waals surface area (Å²) in [5.41, 5.74) is 3.35. The molecule has 136 valence electrons. The van der Waals surface area contributed by atoms with Gasteiger partial charge in [0.05, 0.1) is 0 Å². The van der Waals surface area contributed by atoms with E-state index in [1.807, 2.05) is 11.5 Å². The summed E-state index contributed by atoms with van der Waals surface area (Å²) < 4.78 is 9.80. The topological polar surface area (TPSA) is 90.9 Å². The predicted molar refractivity (Wildman–Crippen MR) is 87.7 cm³/mol. The molecule has 0 aromatic heterocycles. The Kier molecular flexibility index (Phi) is 8.38. The van der Waals surface area contributed by atoms with Crippen molar-refractivity contribution < 1.29 is 49.8 Å². The molecule has 0 atom stereocenters. The molecular formula is C18H16NO6W-. The third kappa shape index (κ3) is 6.26. The van der Waals surface area contributed by atoms with Crippen molar-refractivity contribution in [2.75, 3.05) is 0 Å². The maximum absolute atomic E-state index is 11.6. The van der Waals surface area contributed by atoms with E-state index in [2.05, 4.69) is 11.8 Å². The Labute approximate surface area is 164 Å². The number of rotatable bonds is 4. The maximum atomic E-state index is 11.6. The molecule has 2 rings (SSSR count). The standard InChI is InChI=1S/C18H16NO6.W/c1-12-15(13(2)20)9-6-10-16(12)24-18(22)25-19-17(21)23-11-14-7-4-3-5-8-14;/h3-10H,2,11H2,1H3,(H,19,21);/q-1;. The molecule has 0 aliphatic rings. The first-order valence-electron chi connectivity index (χ1n) is 7.28. The van der Waals surface area contributed by atoms with Crippen LogP contribution in [-0.2, 0) is 37.2 Å². The van der Waals surface area contributed by atoms with E-state index in [9.17, 15) is 14.4 Å². The van der Waals surface area contributed by atoms with Gasteiger partial charge >= 0.3 is 12.2 Å². The second-order valence-corrected chi connectivity index (χ2v) is 4.97. The van der Waals surface area contributed by atoms with Crippen molar-refractivity contribution in [1.82, 2.24) is 5.48 Å². The van der Waals surface area contributed by atoms with Crippen LogP contribution in [0.2, 0.25) is 0 Å². The molecule has 1 N–H and O–H groups in total. The quantitative estimate of drug-likeness (QED) is 0.216. The summed E-state index contributed by atoms with van der Waals surface area (Å²) in [4.78, 5) is 38.9. The van der Waals surface area contributed by atoms with Gasteiger partial charge in [-0.1, -0.05) is 48.9 Å². The number of nitrogens with one attached hydrogen (secondary N) is 1. The van der Waals surface area contributed by atoms with Crippen LogP contribution in [0.5, 0.6) is 5.75 Å². The first kappa shape index (κ1) is 21.3. The van der Waals surface area contributed by atoms with Gasteiger partial charge in [0, 0.05) is 26.8 Å². The van der Waals surface area contributed by atoms with Crippen LogP contribution in [0.15, 0.2) is 48.5 Å². The van der Waals surface area contributed by atoms with Crippen LogP contribution in [0.3, 0.4) is 0 Å². The van der Waals surface area contributed by atoms with Crippen LogP contribution in [0, 0.1) is 13.8 Å². The number of hydroxylamine groups is 1. The molecule has 0 fully saturated rings. The Bertz CT molecular complexity index is 779. The van der Waals surface area contributed by atoms with E-state index in [-0.39, 0.29) is 33.4 Å². The number of hydrogen-bond donors (Lipinski definition) is 1. The monoisotopic (exact) mass is 526 g/mol. The smallest absolute Gasteiger partial charge is 0.443 e. The SMILES string of the molecule is [CH2-]C(=O)c1cccc(OC(=O)ONC(=O)OCc2ccccc2)c1C.[W]. The zero-order chi connectivity index (χ0) is 18.2. The van der Waals surface area contributed by atoms with E-state index in [4.69, 9.17) is 9.47 Å². The fraction of sp³-hybridized carbons (Fsp3) is 0.111. The van der Waals surface area contributed by atoms with Crippen LogP contribution < -0.4 is 10.2 Å². The van der Waals surface area contributed by atoms with E-state index in [0.717, 1.165) is 5.56 Å². The number of amides is 1. The summed E-state index contributed by atoms with van der Waals surface area (Å²) in [5.74, 6) is -0.280. The molecule has 0 unspecified atom stereocenters. The van der Waals surface area contributed by atoms with Crippen LogP contribution in [-0.4, -0.2) is 18.0 Å². The van der Waals surface area contributed by atoms with Crippen LogP contribution in [0.4, 0.5) is 9.59 Å². The van der Waals surface area contributed by atoms with Gasteiger partial charge in [0.25, 0.3) is 0 Å². The molecule has 0 saturated carbocycles. The molecule has 0 bridgehead atoms. The predicted octanol–water partition coefficient (Wildman–Crippen LogP) is 3.37. The normalized spacial score (nSPS) is 9.42. The third-order valence-electron chi connectivity index (χ3n) is 3.21. The minimum Gasteiger partial charge on any atom is -0.443 e. The summed E-state index contributed by atoms with van der Waals surface area (Å²) in [5, 5.41) is 0. The minimum absolute atomic E-state index is 0. The molecule has 1 amide bonds. The van der Waals surface area contributed by atoms with Gasteiger partial charge in [-0.25, -0.2) is 9.59 Å². The number of ketones is 1. The number of benzene rings is 2. The molecule has 8 heteroatoms. The summed E-state index contributed by atoms with van der Waals surface area (Å²) in [6.45, 7) is 4.94. The minimum atomic E-state index is -1.17. The number of hydrogen-bond acceptors (Lipinski definition) is 6. The average molecular weight is 526 g/mol. The molecule has 0 spiro atoms. The van der Waals surface area contributed by atoms with E-state index in [1.54, 1.807) is 37.3 Å². The van der Waals surface area contributed by atoms with Crippen molar-refractivity contribution >= 4 is 18.0 Å². The number of Topliss-reactive ketones (excluding diaryl/α,β-unsaturated/α-hetero) is 1. The second-order valence-electron chi connectivity index (χ2n) is 4.97. The Balaban J connectivity index is 0.00000338. The van der Waals surface area contributed by atoms with Crippen molar-refractivity contribution in [2.24, 2.45) is 0 Å². The van der Waals surface area contributed by atoms with Gasteiger partial charge in [-0.2, -0.15) is 6.92 Å². The summed E-state index contributed by atoms with van der Waals surface area (Å²) in [6.07, 6.45) is -2.12. The largest absolute Gasteiger partial charge is 0.538 e. The molecule has 0 saturated heterocycles. The summed E-state index contributed by atoms with van der Waals surface area (Å²) in [6, 6.07) is 13.6. The fourth-order valence-corrected chi connectivity index (χ4v) is 1.97. The first-order chi connectivity index (χ1) is 12.0. The van der Waals surface area contributed by atoms with Gasteiger partial charge in [0.15, 0.2) is 0 Å². The van der Waals surface area contributed by atoms with E-state index in [1.165, 1.54) is 12.1 Å². The Morgan fingerprint density at radius 3 is 2.38 bits per heavy atom. The van der Waals surface area contributed by atoms with Crippen LogP contribution in [0.1, 0.15) is 21.5 Å². The third-order valence-corrected chi connectivity index (χ3v) is 3.21. The van der Waals surface area contributed by atoms with Crippen molar-refractivity contribution in [2.45, 2.75) is 13.5 Å². The zero-order valence-corrected chi connectivity index (χ0v) is 16.8. The van der Waals surface area contributed by atoms with Crippen molar-refractivity contribution in [1.29, 1.82) is 0 Å². The molecular weight excluding hydrogens is 510 g/mol. The fourth-order valence-electron chi connectivity index (χ4n) is 1.97.